The maximum atomic E-state index is 13.0. The van der Waals surface area contributed by atoms with Crippen LogP contribution < -0.4 is 15.5 Å². The topological polar surface area (TPSA) is 125 Å². The fourth-order valence-electron chi connectivity index (χ4n) is 3.60. The Labute approximate surface area is 217 Å². The molecule has 0 aliphatic rings. The first-order chi connectivity index (χ1) is 17.7. The molecule has 3 rings (SSSR count). The summed E-state index contributed by atoms with van der Waals surface area (Å²) in [7, 11) is -3.99. The molecule has 37 heavy (non-hydrogen) atoms. The minimum absolute atomic E-state index is 0.0333. The fourth-order valence-corrected chi connectivity index (χ4v) is 5.16. The molecule has 0 atom stereocenters. The van der Waals surface area contributed by atoms with Crippen molar-refractivity contribution in [1.29, 1.82) is 0 Å². The van der Waals surface area contributed by atoms with Crippen LogP contribution in [0.4, 0.5) is 0 Å². The van der Waals surface area contributed by atoms with Gasteiger partial charge in [-0.1, -0.05) is 62.4 Å². The zero-order valence-electron chi connectivity index (χ0n) is 20.8. The number of nitrogens with zero attached hydrogens (tertiary/aromatic N) is 1. The highest BCUT2D eigenvalue weighted by Crippen LogP contribution is 2.21. The van der Waals surface area contributed by atoms with E-state index in [1.54, 1.807) is 0 Å². The average molecular weight is 526 g/mol. The molecule has 0 spiro atoms. The van der Waals surface area contributed by atoms with Gasteiger partial charge >= 0.3 is 0 Å². The van der Waals surface area contributed by atoms with Crippen LogP contribution in [0.1, 0.15) is 19.4 Å². The number of hydrogen-bond donors (Lipinski definition) is 3. The molecule has 0 aliphatic carbocycles. The van der Waals surface area contributed by atoms with Crippen LogP contribution in [0.15, 0.2) is 83.8 Å². The van der Waals surface area contributed by atoms with Crippen LogP contribution in [0, 0.1) is 5.92 Å². The zero-order chi connectivity index (χ0) is 26.8. The molecule has 0 radical (unpaired) electrons. The van der Waals surface area contributed by atoms with E-state index in [0.717, 1.165) is 21.0 Å². The summed E-state index contributed by atoms with van der Waals surface area (Å²) in [5.74, 6) is -0.867. The smallest absolute Gasteiger partial charge is 0.258 e. The molecule has 0 aliphatic heterocycles. The normalized spacial score (nSPS) is 11.4. The summed E-state index contributed by atoms with van der Waals surface area (Å²) in [4.78, 5) is 23.8. The van der Waals surface area contributed by atoms with Gasteiger partial charge in [-0.25, -0.2) is 13.9 Å². The zero-order valence-corrected chi connectivity index (χ0v) is 21.6. The van der Waals surface area contributed by atoms with Crippen LogP contribution in [0.5, 0.6) is 5.75 Å². The van der Waals surface area contributed by atoms with E-state index in [0.29, 0.717) is 12.3 Å². The van der Waals surface area contributed by atoms with Crippen molar-refractivity contribution in [3.63, 3.8) is 0 Å². The van der Waals surface area contributed by atoms with E-state index in [1.165, 1.54) is 29.7 Å². The fraction of sp³-hybridized carbons (Fsp3) is 0.259. The Hall–Kier alpha value is -3.73. The molecular weight excluding hydrogens is 494 g/mol. The molecular formula is C27H31N3O6S. The lowest BCUT2D eigenvalue weighted by Crippen LogP contribution is -2.41. The van der Waals surface area contributed by atoms with Gasteiger partial charge in [0.05, 0.1) is 11.4 Å². The van der Waals surface area contributed by atoms with Gasteiger partial charge < -0.3 is 10.1 Å². The molecule has 0 saturated heterocycles. The molecule has 196 valence electrons. The maximum absolute atomic E-state index is 13.0. The second-order valence-electron chi connectivity index (χ2n) is 8.83. The first kappa shape index (κ1) is 27.9. The molecule has 9 nitrogen and oxygen atoms in total. The number of hydrogen-bond acceptors (Lipinski definition) is 6. The number of nitrogens with one attached hydrogen (secondary N) is 2. The summed E-state index contributed by atoms with van der Waals surface area (Å²) < 4.78 is 32.5. The highest BCUT2D eigenvalue weighted by Gasteiger charge is 2.27. The van der Waals surface area contributed by atoms with E-state index < -0.39 is 22.5 Å². The van der Waals surface area contributed by atoms with E-state index in [1.807, 2.05) is 68.4 Å². The molecule has 0 unspecified atom stereocenters. The first-order valence-corrected chi connectivity index (χ1v) is 13.2. The van der Waals surface area contributed by atoms with Gasteiger partial charge in [-0.05, 0) is 52.9 Å². The molecule has 0 heterocycles. The summed E-state index contributed by atoms with van der Waals surface area (Å²) in [5.41, 5.74) is 4.55. The van der Waals surface area contributed by atoms with Crippen molar-refractivity contribution in [3.8, 4) is 16.9 Å². The summed E-state index contributed by atoms with van der Waals surface area (Å²) in [6.07, 6.45) is 0. The third-order valence-electron chi connectivity index (χ3n) is 5.37. The third kappa shape index (κ3) is 8.14. The first-order valence-electron chi connectivity index (χ1n) is 11.8. The van der Waals surface area contributed by atoms with Gasteiger partial charge in [0.1, 0.15) is 5.75 Å². The Morgan fingerprint density at radius 3 is 2.24 bits per heavy atom. The van der Waals surface area contributed by atoms with E-state index in [-0.39, 0.29) is 29.9 Å². The van der Waals surface area contributed by atoms with Crippen molar-refractivity contribution in [3.05, 3.63) is 84.4 Å². The van der Waals surface area contributed by atoms with Crippen LogP contribution in [-0.2, 0) is 26.2 Å². The SMILES string of the molecule is CC(C)CN(CC(=O)NO)S(=O)(=O)c1ccc(OCC(=O)NCc2cccc(-c3ccccc3)c2)cc1. The molecule has 0 aromatic heterocycles. The van der Waals surface area contributed by atoms with Crippen LogP contribution in [0.3, 0.4) is 0 Å². The summed E-state index contributed by atoms with van der Waals surface area (Å²) >= 11 is 0. The monoisotopic (exact) mass is 525 g/mol. The Morgan fingerprint density at radius 2 is 1.59 bits per heavy atom. The number of sulfonamides is 1. The molecule has 3 aromatic rings. The number of ether oxygens (including phenoxy) is 1. The molecule has 0 fully saturated rings. The predicted octanol–water partition coefficient (Wildman–Crippen LogP) is 3.20. The Bertz CT molecular complexity index is 1300. The van der Waals surface area contributed by atoms with Crippen molar-refractivity contribution in [1.82, 2.24) is 15.1 Å². The average Bonchev–Trinajstić information content (AvgIpc) is 2.91. The lowest BCUT2D eigenvalue weighted by atomic mass is 10.0. The highest BCUT2D eigenvalue weighted by molar-refractivity contribution is 7.89. The van der Waals surface area contributed by atoms with Gasteiger partial charge in [0.15, 0.2) is 6.61 Å². The molecule has 2 amide bonds. The van der Waals surface area contributed by atoms with Crippen molar-refractivity contribution in [2.24, 2.45) is 5.92 Å². The van der Waals surface area contributed by atoms with Gasteiger partial charge in [-0.3, -0.25) is 14.8 Å². The molecule has 0 bridgehead atoms. The van der Waals surface area contributed by atoms with Crippen LogP contribution in [0.25, 0.3) is 11.1 Å². The van der Waals surface area contributed by atoms with Crippen LogP contribution in [-0.4, -0.2) is 49.4 Å². The Balaban J connectivity index is 1.55. The summed E-state index contributed by atoms with van der Waals surface area (Å²) in [6.45, 7) is 3.34. The van der Waals surface area contributed by atoms with E-state index in [4.69, 9.17) is 9.94 Å². The lowest BCUT2D eigenvalue weighted by Gasteiger charge is -2.23. The van der Waals surface area contributed by atoms with Gasteiger partial charge in [-0.2, -0.15) is 4.31 Å². The number of carbonyl (C=O) groups is 2. The second-order valence-corrected chi connectivity index (χ2v) is 10.8. The Morgan fingerprint density at radius 1 is 0.919 bits per heavy atom. The van der Waals surface area contributed by atoms with Crippen molar-refractivity contribution < 1.29 is 28.0 Å². The van der Waals surface area contributed by atoms with Crippen LogP contribution >= 0.6 is 0 Å². The van der Waals surface area contributed by atoms with Crippen molar-refractivity contribution >= 4 is 21.8 Å². The van der Waals surface area contributed by atoms with E-state index in [9.17, 15) is 18.0 Å². The number of rotatable bonds is 12. The lowest BCUT2D eigenvalue weighted by molar-refractivity contribution is -0.129. The van der Waals surface area contributed by atoms with Crippen molar-refractivity contribution in [2.75, 3.05) is 19.7 Å². The summed E-state index contributed by atoms with van der Waals surface area (Å²) in [5, 5.41) is 11.6. The summed E-state index contributed by atoms with van der Waals surface area (Å²) in [6, 6.07) is 23.4. The second kappa shape index (κ2) is 13.0. The standard InChI is InChI=1S/C27H31N3O6S/c1-20(2)17-30(18-26(31)29-33)37(34,35)25-13-11-24(12-14-25)36-19-27(32)28-16-21-7-6-10-23(15-21)22-8-4-3-5-9-22/h3-15,20,33H,16-19H2,1-2H3,(H,28,32)(H,29,31). The highest BCUT2D eigenvalue weighted by atomic mass is 32.2. The Kier molecular flexibility index (Phi) is 9.78. The number of benzene rings is 3. The largest absolute Gasteiger partial charge is 0.484 e. The van der Waals surface area contributed by atoms with Gasteiger partial charge in [0, 0.05) is 13.1 Å². The minimum atomic E-state index is -3.99. The maximum Gasteiger partial charge on any atom is 0.258 e. The van der Waals surface area contributed by atoms with Gasteiger partial charge in [0.2, 0.25) is 10.0 Å². The third-order valence-corrected chi connectivity index (χ3v) is 7.19. The number of hydroxylamine groups is 1. The molecule has 10 heteroatoms. The molecule has 3 N–H and O–H groups in total. The quantitative estimate of drug-likeness (QED) is 0.246. The van der Waals surface area contributed by atoms with Gasteiger partial charge in [0.25, 0.3) is 11.8 Å². The van der Waals surface area contributed by atoms with E-state index in [2.05, 4.69) is 5.32 Å². The van der Waals surface area contributed by atoms with Gasteiger partial charge in [-0.15, -0.1) is 0 Å². The van der Waals surface area contributed by atoms with Crippen molar-refractivity contribution in [2.45, 2.75) is 25.3 Å². The molecule has 0 saturated carbocycles. The number of amides is 2. The minimum Gasteiger partial charge on any atom is -0.484 e. The number of carbonyl (C=O) groups excluding carboxylic acids is 2. The molecule has 3 aromatic carbocycles. The predicted molar refractivity (Wildman–Crippen MR) is 139 cm³/mol. The van der Waals surface area contributed by atoms with E-state index >= 15 is 0 Å². The van der Waals surface area contributed by atoms with Crippen LogP contribution in [0.2, 0.25) is 0 Å².